The Labute approximate surface area is 197 Å². The Bertz CT molecular complexity index is 930. The molecular weight excluding hydrogens is 454 g/mol. The van der Waals surface area contributed by atoms with Crippen LogP contribution in [0.5, 0.6) is 5.75 Å². The van der Waals surface area contributed by atoms with Gasteiger partial charge in [-0.15, -0.1) is 0 Å². The van der Waals surface area contributed by atoms with Crippen molar-refractivity contribution in [2.75, 3.05) is 6.61 Å². The number of hydrogen-bond acceptors (Lipinski definition) is 3. The predicted molar refractivity (Wildman–Crippen MR) is 123 cm³/mol. The Morgan fingerprint density at radius 2 is 1.78 bits per heavy atom. The first-order valence-corrected chi connectivity index (χ1v) is 11.6. The number of halogens is 3. The maximum absolute atomic E-state index is 13.9. The molecule has 0 heterocycles. The molecular formula is C24H27Cl2FN2O3. The lowest BCUT2D eigenvalue weighted by Crippen LogP contribution is -2.52. The van der Waals surface area contributed by atoms with E-state index in [-0.39, 0.29) is 24.2 Å². The SMILES string of the molecule is CCC(C(=O)NC1CCCC1)N(Cc1c(Cl)cccc1Cl)C(=O)COc1ccccc1F. The monoisotopic (exact) mass is 480 g/mol. The molecule has 32 heavy (non-hydrogen) atoms. The summed E-state index contributed by atoms with van der Waals surface area (Å²) in [4.78, 5) is 27.7. The standard InChI is InChI=1S/C24H27Cl2FN2O3/c1-2-21(24(31)28-16-8-3-4-9-16)29(14-17-18(25)10-7-11-19(17)26)23(30)15-32-22-13-6-5-12-20(22)27/h5-7,10-13,16,21H,2-4,8-9,14-15H2,1H3,(H,28,31). The Kier molecular flexibility index (Phi) is 8.76. The summed E-state index contributed by atoms with van der Waals surface area (Å²) in [5, 5.41) is 3.86. The smallest absolute Gasteiger partial charge is 0.261 e. The van der Waals surface area contributed by atoms with E-state index in [2.05, 4.69) is 5.32 Å². The molecule has 1 N–H and O–H groups in total. The molecule has 0 radical (unpaired) electrons. The highest BCUT2D eigenvalue weighted by Crippen LogP contribution is 2.27. The summed E-state index contributed by atoms with van der Waals surface area (Å²) in [5.41, 5.74) is 0.544. The molecule has 1 saturated carbocycles. The van der Waals surface area contributed by atoms with Crippen molar-refractivity contribution < 1.29 is 18.7 Å². The summed E-state index contributed by atoms with van der Waals surface area (Å²) >= 11 is 12.7. The van der Waals surface area contributed by atoms with E-state index in [4.69, 9.17) is 27.9 Å². The summed E-state index contributed by atoms with van der Waals surface area (Å²) in [6, 6.07) is 10.3. The van der Waals surface area contributed by atoms with Crippen LogP contribution in [0.2, 0.25) is 10.0 Å². The maximum Gasteiger partial charge on any atom is 0.261 e. The van der Waals surface area contributed by atoms with Gasteiger partial charge in [-0.2, -0.15) is 0 Å². The Hall–Kier alpha value is -2.31. The highest BCUT2D eigenvalue weighted by atomic mass is 35.5. The third kappa shape index (κ3) is 6.14. The third-order valence-corrected chi connectivity index (χ3v) is 6.37. The first kappa shape index (κ1) is 24.3. The van der Waals surface area contributed by atoms with E-state index in [0.717, 1.165) is 25.7 Å². The van der Waals surface area contributed by atoms with Crippen LogP contribution in [0.4, 0.5) is 4.39 Å². The molecule has 8 heteroatoms. The number of carbonyl (C=O) groups excluding carboxylic acids is 2. The molecule has 2 aromatic rings. The van der Waals surface area contributed by atoms with E-state index in [1.165, 1.54) is 23.1 Å². The number of nitrogens with one attached hydrogen (secondary N) is 1. The van der Waals surface area contributed by atoms with Crippen LogP contribution in [0.25, 0.3) is 0 Å². The van der Waals surface area contributed by atoms with Crippen LogP contribution in [0.15, 0.2) is 42.5 Å². The minimum Gasteiger partial charge on any atom is -0.481 e. The lowest BCUT2D eigenvalue weighted by Gasteiger charge is -2.32. The minimum atomic E-state index is -0.736. The van der Waals surface area contributed by atoms with Crippen molar-refractivity contribution in [1.29, 1.82) is 0 Å². The topological polar surface area (TPSA) is 58.6 Å². The van der Waals surface area contributed by atoms with Gasteiger partial charge in [0.1, 0.15) is 6.04 Å². The molecule has 2 amide bonds. The molecule has 0 aliphatic heterocycles. The number of benzene rings is 2. The zero-order valence-corrected chi connectivity index (χ0v) is 19.5. The van der Waals surface area contributed by atoms with Crippen LogP contribution in [0, 0.1) is 5.82 Å². The van der Waals surface area contributed by atoms with Crippen LogP contribution in [0.3, 0.4) is 0 Å². The normalized spacial score (nSPS) is 14.8. The van der Waals surface area contributed by atoms with Gasteiger partial charge in [0, 0.05) is 28.2 Å². The third-order valence-electron chi connectivity index (χ3n) is 5.67. The average molecular weight is 481 g/mol. The van der Waals surface area contributed by atoms with E-state index in [1.54, 1.807) is 24.3 Å². The van der Waals surface area contributed by atoms with E-state index in [0.29, 0.717) is 22.0 Å². The van der Waals surface area contributed by atoms with Crippen LogP contribution in [-0.2, 0) is 16.1 Å². The van der Waals surface area contributed by atoms with Gasteiger partial charge in [-0.3, -0.25) is 9.59 Å². The largest absolute Gasteiger partial charge is 0.481 e. The quantitative estimate of drug-likeness (QED) is 0.524. The van der Waals surface area contributed by atoms with Gasteiger partial charge in [0.15, 0.2) is 18.2 Å². The molecule has 1 fully saturated rings. The van der Waals surface area contributed by atoms with Crippen molar-refractivity contribution in [1.82, 2.24) is 10.2 Å². The zero-order valence-electron chi connectivity index (χ0n) is 18.0. The van der Waals surface area contributed by atoms with Crippen LogP contribution >= 0.6 is 23.2 Å². The molecule has 0 bridgehead atoms. The van der Waals surface area contributed by atoms with Gasteiger partial charge in [-0.1, -0.05) is 61.2 Å². The Balaban J connectivity index is 1.82. The van der Waals surface area contributed by atoms with Crippen molar-refractivity contribution >= 4 is 35.0 Å². The number of amides is 2. The summed E-state index contributed by atoms with van der Waals surface area (Å²) < 4.78 is 19.3. The molecule has 172 valence electrons. The van der Waals surface area contributed by atoms with E-state index < -0.39 is 24.4 Å². The highest BCUT2D eigenvalue weighted by molar-refractivity contribution is 6.36. The molecule has 0 spiro atoms. The number of carbonyl (C=O) groups is 2. The van der Waals surface area contributed by atoms with E-state index in [1.807, 2.05) is 6.92 Å². The van der Waals surface area contributed by atoms with Crippen molar-refractivity contribution in [2.24, 2.45) is 0 Å². The van der Waals surface area contributed by atoms with Crippen molar-refractivity contribution in [2.45, 2.75) is 57.7 Å². The fourth-order valence-corrected chi connectivity index (χ4v) is 4.44. The van der Waals surface area contributed by atoms with Crippen molar-refractivity contribution in [3.63, 3.8) is 0 Å². The van der Waals surface area contributed by atoms with Gasteiger partial charge in [0.2, 0.25) is 5.91 Å². The van der Waals surface area contributed by atoms with Gasteiger partial charge in [0.05, 0.1) is 0 Å². The Morgan fingerprint density at radius 1 is 1.12 bits per heavy atom. The maximum atomic E-state index is 13.9. The first-order chi connectivity index (χ1) is 15.4. The lowest BCUT2D eigenvalue weighted by atomic mass is 10.1. The van der Waals surface area contributed by atoms with Crippen molar-refractivity contribution in [3.05, 3.63) is 63.9 Å². The molecule has 3 rings (SSSR count). The van der Waals surface area contributed by atoms with Gasteiger partial charge in [-0.05, 0) is 43.5 Å². The molecule has 1 atom stereocenters. The fraction of sp³-hybridized carbons (Fsp3) is 0.417. The summed E-state index contributed by atoms with van der Waals surface area (Å²) in [6.07, 6.45) is 4.42. The van der Waals surface area contributed by atoms with E-state index >= 15 is 0 Å². The molecule has 2 aromatic carbocycles. The zero-order chi connectivity index (χ0) is 23.1. The minimum absolute atomic E-state index is 0.0277. The predicted octanol–water partition coefficient (Wildman–Crippen LogP) is 5.38. The van der Waals surface area contributed by atoms with Crippen LogP contribution in [-0.4, -0.2) is 35.4 Å². The number of hydrogen-bond donors (Lipinski definition) is 1. The molecule has 5 nitrogen and oxygen atoms in total. The molecule has 0 saturated heterocycles. The second kappa shape index (κ2) is 11.5. The van der Waals surface area contributed by atoms with Gasteiger partial charge in [0.25, 0.3) is 5.91 Å². The molecule has 0 aromatic heterocycles. The lowest BCUT2D eigenvalue weighted by molar-refractivity contribution is -0.143. The molecule has 1 aliphatic rings. The van der Waals surface area contributed by atoms with Crippen LogP contribution < -0.4 is 10.1 Å². The second-order valence-electron chi connectivity index (χ2n) is 7.85. The highest BCUT2D eigenvalue weighted by Gasteiger charge is 2.31. The average Bonchev–Trinajstić information content (AvgIpc) is 3.27. The van der Waals surface area contributed by atoms with Gasteiger partial charge >= 0.3 is 0 Å². The summed E-state index contributed by atoms with van der Waals surface area (Å²) in [7, 11) is 0. The number of nitrogens with zero attached hydrogens (tertiary/aromatic N) is 1. The summed E-state index contributed by atoms with van der Waals surface area (Å²) in [5.74, 6) is -1.27. The molecule has 1 aliphatic carbocycles. The number of para-hydroxylation sites is 1. The summed E-state index contributed by atoms with van der Waals surface area (Å²) in [6.45, 7) is 1.45. The molecule has 1 unspecified atom stereocenters. The number of rotatable bonds is 9. The first-order valence-electron chi connectivity index (χ1n) is 10.8. The number of ether oxygens (including phenoxy) is 1. The van der Waals surface area contributed by atoms with Gasteiger partial charge in [-0.25, -0.2) is 4.39 Å². The van der Waals surface area contributed by atoms with Crippen LogP contribution in [0.1, 0.15) is 44.6 Å². The second-order valence-corrected chi connectivity index (χ2v) is 8.67. The van der Waals surface area contributed by atoms with Gasteiger partial charge < -0.3 is 15.0 Å². The van der Waals surface area contributed by atoms with E-state index in [9.17, 15) is 14.0 Å². The Morgan fingerprint density at radius 3 is 2.41 bits per heavy atom. The van der Waals surface area contributed by atoms with Crippen molar-refractivity contribution in [3.8, 4) is 5.75 Å². The fourth-order valence-electron chi connectivity index (χ4n) is 3.92.